The molecule has 3 nitrogen and oxygen atoms in total. The summed E-state index contributed by atoms with van der Waals surface area (Å²) in [5, 5.41) is -0.169. The van der Waals surface area contributed by atoms with Crippen molar-refractivity contribution in [2.75, 3.05) is 0 Å². The third-order valence-corrected chi connectivity index (χ3v) is 8.19. The summed E-state index contributed by atoms with van der Waals surface area (Å²) < 4.78 is 27.9. The van der Waals surface area contributed by atoms with Gasteiger partial charge >= 0.3 is 0 Å². The lowest BCUT2D eigenvalue weighted by molar-refractivity contribution is 0.106. The molecule has 0 amide bonds. The molecule has 4 unspecified atom stereocenters. The van der Waals surface area contributed by atoms with Crippen LogP contribution in [0, 0.1) is 22.7 Å². The fraction of sp³-hybridized carbons (Fsp3) is 1.00. The van der Waals surface area contributed by atoms with Crippen LogP contribution in [0.4, 0.5) is 0 Å². The van der Waals surface area contributed by atoms with Gasteiger partial charge in [-0.15, -0.1) is 0 Å². The maximum atomic E-state index is 12.5. The van der Waals surface area contributed by atoms with Crippen LogP contribution in [0.2, 0.25) is 0 Å². The van der Waals surface area contributed by atoms with Crippen LogP contribution >= 0.6 is 0 Å². The molecule has 3 fully saturated rings. The van der Waals surface area contributed by atoms with E-state index >= 15 is 0 Å². The Labute approximate surface area is 111 Å². The molecule has 2 saturated carbocycles. The van der Waals surface area contributed by atoms with Gasteiger partial charge in [-0.3, -0.25) is 0 Å². The van der Waals surface area contributed by atoms with Gasteiger partial charge in [-0.05, 0) is 42.9 Å². The van der Waals surface area contributed by atoms with Crippen molar-refractivity contribution in [3.05, 3.63) is 0 Å². The van der Waals surface area contributed by atoms with E-state index in [0.29, 0.717) is 11.8 Å². The standard InChI is InChI=1S/C14H25NO2S/c1-9(2)7-12-14-6-5-10(13(14,3)4)8-11(14)15-18(12,16)17/h9-12,15H,5-8H2,1-4H3. The van der Waals surface area contributed by atoms with Gasteiger partial charge in [0.2, 0.25) is 10.0 Å². The van der Waals surface area contributed by atoms with E-state index in [-0.39, 0.29) is 22.1 Å². The Morgan fingerprint density at radius 2 is 2.00 bits per heavy atom. The summed E-state index contributed by atoms with van der Waals surface area (Å²) in [6.45, 7) is 8.88. The van der Waals surface area contributed by atoms with E-state index in [1.54, 1.807) is 0 Å². The zero-order valence-electron chi connectivity index (χ0n) is 11.9. The van der Waals surface area contributed by atoms with E-state index in [1.807, 2.05) is 0 Å². The summed E-state index contributed by atoms with van der Waals surface area (Å²) in [4.78, 5) is 0. The lowest BCUT2D eigenvalue weighted by atomic mass is 9.64. The van der Waals surface area contributed by atoms with E-state index in [4.69, 9.17) is 0 Å². The van der Waals surface area contributed by atoms with Gasteiger partial charge in [0.05, 0.1) is 5.25 Å². The zero-order valence-corrected chi connectivity index (χ0v) is 12.7. The first-order valence-electron chi connectivity index (χ1n) is 7.23. The number of hydrogen-bond acceptors (Lipinski definition) is 2. The summed E-state index contributed by atoms with van der Waals surface area (Å²) in [5.74, 6) is 1.15. The van der Waals surface area contributed by atoms with Gasteiger partial charge in [0.25, 0.3) is 0 Å². The monoisotopic (exact) mass is 271 g/mol. The molecule has 2 aliphatic carbocycles. The second-order valence-corrected chi connectivity index (χ2v) is 9.46. The fourth-order valence-electron chi connectivity index (χ4n) is 5.28. The largest absolute Gasteiger partial charge is 0.215 e. The summed E-state index contributed by atoms with van der Waals surface area (Å²) in [6, 6.07) is 0.208. The molecule has 1 N–H and O–H groups in total. The van der Waals surface area contributed by atoms with Crippen LogP contribution in [0.1, 0.15) is 53.4 Å². The smallest absolute Gasteiger partial charge is 0.212 e. The number of hydrogen-bond donors (Lipinski definition) is 1. The Hall–Kier alpha value is -0.0900. The molecule has 18 heavy (non-hydrogen) atoms. The van der Waals surface area contributed by atoms with E-state index in [2.05, 4.69) is 32.4 Å². The Morgan fingerprint density at radius 1 is 1.33 bits per heavy atom. The normalized spacial score (nSPS) is 47.7. The molecule has 1 heterocycles. The highest BCUT2D eigenvalue weighted by molar-refractivity contribution is 7.90. The van der Waals surface area contributed by atoms with Crippen LogP contribution in [-0.4, -0.2) is 19.7 Å². The highest BCUT2D eigenvalue weighted by atomic mass is 32.2. The van der Waals surface area contributed by atoms with Crippen LogP contribution < -0.4 is 4.72 Å². The summed E-state index contributed by atoms with van der Waals surface area (Å²) in [7, 11) is -3.11. The Morgan fingerprint density at radius 3 is 2.56 bits per heavy atom. The lowest BCUT2D eigenvalue weighted by Crippen LogP contribution is -2.45. The van der Waals surface area contributed by atoms with Crippen molar-refractivity contribution in [2.45, 2.75) is 64.7 Å². The fourth-order valence-corrected chi connectivity index (χ4v) is 7.93. The Bertz CT molecular complexity index is 468. The minimum atomic E-state index is -3.11. The number of nitrogens with one attached hydrogen (secondary N) is 1. The van der Waals surface area contributed by atoms with Crippen molar-refractivity contribution in [3.63, 3.8) is 0 Å². The van der Waals surface area contributed by atoms with E-state index in [9.17, 15) is 8.42 Å². The molecule has 0 aromatic heterocycles. The average molecular weight is 271 g/mol. The molecular formula is C14H25NO2S. The van der Waals surface area contributed by atoms with Crippen molar-refractivity contribution in [1.82, 2.24) is 4.72 Å². The van der Waals surface area contributed by atoms with Crippen LogP contribution in [0.25, 0.3) is 0 Å². The van der Waals surface area contributed by atoms with Gasteiger partial charge in [-0.1, -0.05) is 27.7 Å². The predicted molar refractivity (Wildman–Crippen MR) is 72.6 cm³/mol. The molecule has 4 heteroatoms. The molecule has 1 spiro atoms. The van der Waals surface area contributed by atoms with Gasteiger partial charge < -0.3 is 0 Å². The molecule has 1 saturated heterocycles. The maximum absolute atomic E-state index is 12.5. The van der Waals surface area contributed by atoms with Gasteiger partial charge in [0.15, 0.2) is 0 Å². The van der Waals surface area contributed by atoms with Gasteiger partial charge in [-0.25, -0.2) is 13.1 Å². The van der Waals surface area contributed by atoms with Gasteiger partial charge in [0, 0.05) is 11.5 Å². The molecule has 4 atom stereocenters. The Kier molecular flexibility index (Phi) is 2.52. The summed E-state index contributed by atoms with van der Waals surface area (Å²) in [6.07, 6.45) is 4.18. The molecule has 2 bridgehead atoms. The molecule has 1 aliphatic heterocycles. The molecule has 0 radical (unpaired) electrons. The minimum Gasteiger partial charge on any atom is -0.212 e. The van der Waals surface area contributed by atoms with Crippen molar-refractivity contribution in [1.29, 1.82) is 0 Å². The number of sulfonamides is 1. The predicted octanol–water partition coefficient (Wildman–Crippen LogP) is 2.53. The lowest BCUT2D eigenvalue weighted by Gasteiger charge is -2.41. The Balaban J connectivity index is 2.09. The van der Waals surface area contributed by atoms with Gasteiger partial charge in [-0.2, -0.15) is 0 Å². The maximum Gasteiger partial charge on any atom is 0.215 e. The van der Waals surface area contributed by atoms with Crippen LogP contribution in [0.15, 0.2) is 0 Å². The molecule has 104 valence electrons. The van der Waals surface area contributed by atoms with Crippen LogP contribution in [0.5, 0.6) is 0 Å². The molecule has 0 aromatic carbocycles. The molecule has 0 aromatic rings. The summed E-state index contributed by atoms with van der Waals surface area (Å²) in [5.41, 5.74) is 0.175. The van der Waals surface area contributed by atoms with Crippen molar-refractivity contribution >= 4 is 10.0 Å². The van der Waals surface area contributed by atoms with Crippen molar-refractivity contribution < 1.29 is 8.42 Å². The van der Waals surface area contributed by atoms with Crippen molar-refractivity contribution in [2.24, 2.45) is 22.7 Å². The zero-order chi connectivity index (χ0) is 13.3. The second-order valence-electron chi connectivity index (χ2n) is 7.57. The SMILES string of the molecule is CC(C)CC1C23CCC(CC2NS1(=O)=O)C3(C)C. The van der Waals surface area contributed by atoms with E-state index in [1.165, 1.54) is 6.42 Å². The highest BCUT2D eigenvalue weighted by Crippen LogP contribution is 2.70. The van der Waals surface area contributed by atoms with Crippen LogP contribution in [-0.2, 0) is 10.0 Å². The summed E-state index contributed by atoms with van der Waals surface area (Å²) >= 11 is 0. The van der Waals surface area contributed by atoms with Gasteiger partial charge in [0.1, 0.15) is 0 Å². The quantitative estimate of drug-likeness (QED) is 0.839. The van der Waals surface area contributed by atoms with E-state index in [0.717, 1.165) is 19.3 Å². The highest BCUT2D eigenvalue weighted by Gasteiger charge is 2.72. The first-order valence-corrected chi connectivity index (χ1v) is 8.77. The van der Waals surface area contributed by atoms with Crippen LogP contribution in [0.3, 0.4) is 0 Å². The average Bonchev–Trinajstić information content (AvgIpc) is 2.68. The first kappa shape index (κ1) is 12.9. The number of fused-ring (bicyclic) bond motifs is 1. The second kappa shape index (κ2) is 3.51. The first-order chi connectivity index (χ1) is 8.22. The van der Waals surface area contributed by atoms with Crippen molar-refractivity contribution in [3.8, 4) is 0 Å². The molecular weight excluding hydrogens is 246 g/mol. The minimum absolute atomic E-state index is 0.000764. The number of rotatable bonds is 2. The third kappa shape index (κ3) is 1.31. The topological polar surface area (TPSA) is 46.2 Å². The molecule has 3 aliphatic rings. The van der Waals surface area contributed by atoms with E-state index < -0.39 is 10.0 Å². The molecule has 3 rings (SSSR count). The third-order valence-electron chi connectivity index (χ3n) is 6.21.